The van der Waals surface area contributed by atoms with Crippen molar-refractivity contribution >= 4 is 17.7 Å². The number of aliphatic carboxylic acids is 1. The summed E-state index contributed by atoms with van der Waals surface area (Å²) in [5.74, 6) is -1.56. The number of para-hydroxylation sites is 2. The van der Waals surface area contributed by atoms with E-state index in [1.165, 1.54) is 4.90 Å². The summed E-state index contributed by atoms with van der Waals surface area (Å²) in [6.07, 6.45) is 1.82. The molecule has 2 aromatic rings. The molecule has 0 aliphatic rings. The fourth-order valence-corrected chi connectivity index (χ4v) is 2.11. The van der Waals surface area contributed by atoms with Gasteiger partial charge >= 0.3 is 12.0 Å². The predicted octanol–water partition coefficient (Wildman–Crippen LogP) is 2.37. The molecule has 2 N–H and O–H groups in total. The number of rotatable bonds is 5. The van der Waals surface area contributed by atoms with Crippen molar-refractivity contribution < 1.29 is 14.7 Å². The van der Waals surface area contributed by atoms with E-state index in [0.717, 1.165) is 11.4 Å². The molecule has 7 heteroatoms. The molecule has 2 amide bonds. The van der Waals surface area contributed by atoms with Crippen LogP contribution in [-0.2, 0) is 4.79 Å². The Morgan fingerprint density at radius 3 is 2.65 bits per heavy atom. The van der Waals surface area contributed by atoms with Crippen LogP contribution in [0.1, 0.15) is 12.6 Å². The number of anilines is 1. The van der Waals surface area contributed by atoms with Crippen molar-refractivity contribution in [3.63, 3.8) is 0 Å². The van der Waals surface area contributed by atoms with Gasteiger partial charge in [-0.3, -0.25) is 4.79 Å². The van der Waals surface area contributed by atoms with Crippen LogP contribution in [0.3, 0.4) is 0 Å². The number of nitrogens with zero attached hydrogens (tertiary/aromatic N) is 3. The van der Waals surface area contributed by atoms with Gasteiger partial charge in [-0.05, 0) is 25.1 Å². The number of carbonyl (C=O) groups is 2. The van der Waals surface area contributed by atoms with Gasteiger partial charge in [0.15, 0.2) is 0 Å². The second kappa shape index (κ2) is 6.95. The van der Waals surface area contributed by atoms with Gasteiger partial charge in [-0.25, -0.2) is 9.48 Å². The highest BCUT2D eigenvalue weighted by molar-refractivity contribution is 5.91. The number of carboxylic acids is 1. The minimum atomic E-state index is -0.933. The van der Waals surface area contributed by atoms with Gasteiger partial charge in [-0.2, -0.15) is 5.10 Å². The number of nitrogens with one attached hydrogen (secondary N) is 1. The zero-order chi connectivity index (χ0) is 17.0. The van der Waals surface area contributed by atoms with Crippen molar-refractivity contribution in [1.29, 1.82) is 0 Å². The van der Waals surface area contributed by atoms with Crippen LogP contribution < -0.4 is 5.32 Å². The SMILES string of the molecule is Cc1ccn(-c2ccccc2NC(=O)N(C)CC(C)C(=O)O)n1. The molecule has 0 saturated heterocycles. The van der Waals surface area contributed by atoms with Crippen molar-refractivity contribution in [2.45, 2.75) is 13.8 Å². The summed E-state index contributed by atoms with van der Waals surface area (Å²) in [6, 6.07) is 8.81. The highest BCUT2D eigenvalue weighted by Gasteiger charge is 2.18. The highest BCUT2D eigenvalue weighted by Crippen LogP contribution is 2.20. The minimum Gasteiger partial charge on any atom is -0.481 e. The van der Waals surface area contributed by atoms with Crippen molar-refractivity contribution in [2.75, 3.05) is 18.9 Å². The molecule has 0 spiro atoms. The number of benzene rings is 1. The number of carboxylic acid groups (broad SMARTS) is 1. The molecular weight excluding hydrogens is 296 g/mol. The fraction of sp³-hybridized carbons (Fsp3) is 0.312. The molecule has 1 unspecified atom stereocenters. The number of aromatic nitrogens is 2. The molecule has 2 rings (SSSR count). The van der Waals surface area contributed by atoms with Crippen LogP contribution >= 0.6 is 0 Å². The van der Waals surface area contributed by atoms with Gasteiger partial charge in [0, 0.05) is 19.8 Å². The van der Waals surface area contributed by atoms with Crippen LogP contribution in [0, 0.1) is 12.8 Å². The zero-order valence-corrected chi connectivity index (χ0v) is 13.4. The van der Waals surface area contributed by atoms with E-state index in [-0.39, 0.29) is 12.6 Å². The van der Waals surface area contributed by atoms with Gasteiger partial charge in [0.05, 0.1) is 23.0 Å². The number of aryl methyl sites for hydroxylation is 1. The third kappa shape index (κ3) is 4.09. The maximum Gasteiger partial charge on any atom is 0.321 e. The van der Waals surface area contributed by atoms with Crippen LogP contribution in [0.2, 0.25) is 0 Å². The monoisotopic (exact) mass is 316 g/mol. The second-order valence-corrected chi connectivity index (χ2v) is 5.47. The van der Waals surface area contributed by atoms with Gasteiger partial charge in [-0.15, -0.1) is 0 Å². The molecule has 7 nitrogen and oxygen atoms in total. The summed E-state index contributed by atoms with van der Waals surface area (Å²) in [5.41, 5.74) is 2.22. The van der Waals surface area contributed by atoms with Gasteiger partial charge < -0.3 is 15.3 Å². The Morgan fingerprint density at radius 1 is 1.35 bits per heavy atom. The quantitative estimate of drug-likeness (QED) is 0.886. The van der Waals surface area contributed by atoms with Crippen molar-refractivity contribution in [3.05, 3.63) is 42.2 Å². The lowest BCUT2D eigenvalue weighted by atomic mass is 10.2. The number of urea groups is 1. The molecule has 1 aromatic heterocycles. The lowest BCUT2D eigenvalue weighted by Gasteiger charge is -2.21. The maximum absolute atomic E-state index is 12.3. The Bertz CT molecular complexity index is 711. The van der Waals surface area contributed by atoms with Gasteiger partial charge in [0.2, 0.25) is 0 Å². The molecule has 0 aliphatic heterocycles. The number of carbonyl (C=O) groups excluding carboxylic acids is 1. The van der Waals surface area contributed by atoms with E-state index in [0.29, 0.717) is 5.69 Å². The third-order valence-electron chi connectivity index (χ3n) is 3.43. The first-order chi connectivity index (χ1) is 10.9. The number of hydrogen-bond acceptors (Lipinski definition) is 3. The summed E-state index contributed by atoms with van der Waals surface area (Å²) in [4.78, 5) is 24.5. The Morgan fingerprint density at radius 2 is 2.04 bits per heavy atom. The lowest BCUT2D eigenvalue weighted by molar-refractivity contribution is -0.141. The summed E-state index contributed by atoms with van der Waals surface area (Å²) in [7, 11) is 1.56. The van der Waals surface area contributed by atoms with Crippen LogP contribution in [0.5, 0.6) is 0 Å². The number of amides is 2. The third-order valence-corrected chi connectivity index (χ3v) is 3.43. The molecule has 0 saturated carbocycles. The smallest absolute Gasteiger partial charge is 0.321 e. The molecule has 0 aliphatic carbocycles. The first-order valence-corrected chi connectivity index (χ1v) is 7.25. The van der Waals surface area contributed by atoms with E-state index in [9.17, 15) is 9.59 Å². The van der Waals surface area contributed by atoms with Crippen molar-refractivity contribution in [2.24, 2.45) is 5.92 Å². The first-order valence-electron chi connectivity index (χ1n) is 7.25. The molecule has 1 heterocycles. The van der Waals surface area contributed by atoms with Crippen LogP contribution in [-0.4, -0.2) is 45.4 Å². The van der Waals surface area contributed by atoms with E-state index in [4.69, 9.17) is 5.11 Å². The maximum atomic E-state index is 12.3. The molecular formula is C16H20N4O3. The lowest BCUT2D eigenvalue weighted by Crippen LogP contribution is -2.36. The van der Waals surface area contributed by atoms with Crippen LogP contribution in [0.25, 0.3) is 5.69 Å². The average Bonchev–Trinajstić information content (AvgIpc) is 2.93. The Hall–Kier alpha value is -2.83. The molecule has 1 atom stereocenters. The van der Waals surface area contributed by atoms with Gasteiger partial charge in [-0.1, -0.05) is 19.1 Å². The summed E-state index contributed by atoms with van der Waals surface area (Å²) in [6.45, 7) is 3.58. The second-order valence-electron chi connectivity index (χ2n) is 5.47. The molecule has 0 radical (unpaired) electrons. The summed E-state index contributed by atoms with van der Waals surface area (Å²) in [5, 5.41) is 16.1. The normalized spacial score (nSPS) is 11.8. The van der Waals surface area contributed by atoms with Crippen molar-refractivity contribution in [3.8, 4) is 5.69 Å². The topological polar surface area (TPSA) is 87.5 Å². The predicted molar refractivity (Wildman–Crippen MR) is 86.7 cm³/mol. The largest absolute Gasteiger partial charge is 0.481 e. The van der Waals surface area contributed by atoms with Crippen molar-refractivity contribution in [1.82, 2.24) is 14.7 Å². The van der Waals surface area contributed by atoms with Crippen LogP contribution in [0.15, 0.2) is 36.5 Å². The Labute approximate surface area is 134 Å². The Kier molecular flexibility index (Phi) is 5.00. The number of hydrogen-bond donors (Lipinski definition) is 2. The molecule has 122 valence electrons. The summed E-state index contributed by atoms with van der Waals surface area (Å²) >= 11 is 0. The van der Waals surface area contributed by atoms with E-state index < -0.39 is 11.9 Å². The highest BCUT2D eigenvalue weighted by atomic mass is 16.4. The average molecular weight is 316 g/mol. The van der Waals surface area contributed by atoms with E-state index >= 15 is 0 Å². The molecule has 0 bridgehead atoms. The van der Waals surface area contributed by atoms with E-state index in [1.807, 2.05) is 37.4 Å². The Balaban J connectivity index is 2.14. The molecule has 1 aromatic carbocycles. The van der Waals surface area contributed by atoms with E-state index in [1.54, 1.807) is 24.7 Å². The zero-order valence-electron chi connectivity index (χ0n) is 13.4. The van der Waals surface area contributed by atoms with E-state index in [2.05, 4.69) is 10.4 Å². The van der Waals surface area contributed by atoms with Gasteiger partial charge in [0.1, 0.15) is 0 Å². The standard InChI is InChI=1S/C16H20N4O3/c1-11(15(21)22)10-19(3)16(23)17-13-6-4-5-7-14(13)20-9-8-12(2)18-20/h4-9,11H,10H2,1-3H3,(H,17,23)(H,21,22). The van der Waals surface area contributed by atoms with Crippen LogP contribution in [0.4, 0.5) is 10.5 Å². The van der Waals surface area contributed by atoms with Gasteiger partial charge in [0.25, 0.3) is 0 Å². The fourth-order valence-electron chi connectivity index (χ4n) is 2.11. The minimum absolute atomic E-state index is 0.129. The summed E-state index contributed by atoms with van der Waals surface area (Å²) < 4.78 is 1.69. The first kappa shape index (κ1) is 16.5. The molecule has 23 heavy (non-hydrogen) atoms. The molecule has 0 fully saturated rings.